The number of carbonyl (C=O) groups is 1. The highest BCUT2D eigenvalue weighted by Gasteiger charge is 2.12. The van der Waals surface area contributed by atoms with Crippen molar-refractivity contribution in [3.05, 3.63) is 57.6 Å². The number of nitrogens with one attached hydrogen (secondary N) is 1. The highest BCUT2D eigenvalue weighted by Crippen LogP contribution is 2.29. The fourth-order valence-electron chi connectivity index (χ4n) is 1.63. The summed E-state index contributed by atoms with van der Waals surface area (Å²) in [5.41, 5.74) is 6.94. The number of nitrogens with zero attached hydrogens (tertiary/aromatic N) is 1. The van der Waals surface area contributed by atoms with Crippen molar-refractivity contribution in [2.75, 3.05) is 11.1 Å². The van der Waals surface area contributed by atoms with Crippen LogP contribution in [0.3, 0.4) is 0 Å². The standard InChI is InChI=1S/C14H9Cl2N3O/c15-10-5-9(6-11(18)13(10)16)14(20)19-12-4-2-1-3-8(12)7-17/h1-6H,18H2,(H,19,20). The Morgan fingerprint density at radius 3 is 2.60 bits per heavy atom. The molecule has 2 aromatic carbocycles. The van der Waals surface area contributed by atoms with Gasteiger partial charge in [-0.1, -0.05) is 35.3 Å². The van der Waals surface area contributed by atoms with Crippen LogP contribution in [-0.2, 0) is 0 Å². The molecule has 1 amide bonds. The number of amides is 1. The van der Waals surface area contributed by atoms with Gasteiger partial charge in [0.2, 0.25) is 0 Å². The minimum Gasteiger partial charge on any atom is -0.397 e. The number of nitrogens with two attached hydrogens (primary N) is 1. The van der Waals surface area contributed by atoms with Crippen molar-refractivity contribution >= 4 is 40.5 Å². The van der Waals surface area contributed by atoms with Gasteiger partial charge in [0.05, 0.1) is 27.0 Å². The van der Waals surface area contributed by atoms with Gasteiger partial charge < -0.3 is 11.1 Å². The van der Waals surface area contributed by atoms with E-state index in [1.54, 1.807) is 24.3 Å². The highest BCUT2D eigenvalue weighted by molar-refractivity contribution is 6.44. The highest BCUT2D eigenvalue weighted by atomic mass is 35.5. The van der Waals surface area contributed by atoms with Gasteiger partial charge in [0, 0.05) is 5.56 Å². The molecule has 0 aromatic heterocycles. The third kappa shape index (κ3) is 2.85. The second kappa shape index (κ2) is 5.83. The number of nitrogen functional groups attached to an aromatic ring is 1. The maximum atomic E-state index is 12.1. The third-order valence-electron chi connectivity index (χ3n) is 2.61. The monoisotopic (exact) mass is 305 g/mol. The Bertz CT molecular complexity index is 700. The maximum absolute atomic E-state index is 12.1. The van der Waals surface area contributed by atoms with Gasteiger partial charge in [-0.25, -0.2) is 0 Å². The predicted molar refractivity (Wildman–Crippen MR) is 80.0 cm³/mol. The summed E-state index contributed by atoms with van der Waals surface area (Å²) in [4.78, 5) is 12.1. The minimum atomic E-state index is -0.419. The lowest BCUT2D eigenvalue weighted by Gasteiger charge is -2.09. The van der Waals surface area contributed by atoms with Crippen LogP contribution in [0.4, 0.5) is 11.4 Å². The molecule has 3 N–H and O–H groups in total. The van der Waals surface area contributed by atoms with E-state index in [0.717, 1.165) is 0 Å². The third-order valence-corrected chi connectivity index (χ3v) is 3.43. The summed E-state index contributed by atoms with van der Waals surface area (Å²) in [6, 6.07) is 11.5. The number of rotatable bonds is 2. The molecule has 0 aliphatic rings. The molecule has 100 valence electrons. The SMILES string of the molecule is N#Cc1ccccc1NC(=O)c1cc(N)c(Cl)c(Cl)c1. The molecule has 0 spiro atoms. The van der Waals surface area contributed by atoms with Gasteiger partial charge in [-0.15, -0.1) is 0 Å². The molecule has 0 unspecified atom stereocenters. The van der Waals surface area contributed by atoms with E-state index in [9.17, 15) is 4.79 Å². The average molecular weight is 306 g/mol. The van der Waals surface area contributed by atoms with Gasteiger partial charge in [0.25, 0.3) is 5.91 Å². The minimum absolute atomic E-state index is 0.199. The van der Waals surface area contributed by atoms with Crippen LogP contribution < -0.4 is 11.1 Å². The molecular weight excluding hydrogens is 297 g/mol. The number of hydrogen-bond acceptors (Lipinski definition) is 3. The van der Waals surface area contributed by atoms with Crippen LogP contribution in [0.25, 0.3) is 0 Å². The molecule has 0 fully saturated rings. The first kappa shape index (κ1) is 14.2. The summed E-state index contributed by atoms with van der Waals surface area (Å²) in [6.45, 7) is 0. The second-order valence-electron chi connectivity index (χ2n) is 3.97. The van der Waals surface area contributed by atoms with Crippen molar-refractivity contribution in [3.63, 3.8) is 0 Å². The molecule has 20 heavy (non-hydrogen) atoms. The average Bonchev–Trinajstić information content (AvgIpc) is 2.44. The van der Waals surface area contributed by atoms with Crippen LogP contribution in [0.2, 0.25) is 10.0 Å². The van der Waals surface area contributed by atoms with E-state index >= 15 is 0 Å². The van der Waals surface area contributed by atoms with E-state index in [4.69, 9.17) is 34.2 Å². The number of anilines is 2. The summed E-state index contributed by atoms with van der Waals surface area (Å²) in [5, 5.41) is 12.0. The summed E-state index contributed by atoms with van der Waals surface area (Å²) >= 11 is 11.7. The Balaban J connectivity index is 2.32. The van der Waals surface area contributed by atoms with E-state index in [-0.39, 0.29) is 21.3 Å². The van der Waals surface area contributed by atoms with Gasteiger partial charge in [0.15, 0.2) is 0 Å². The zero-order valence-electron chi connectivity index (χ0n) is 10.2. The van der Waals surface area contributed by atoms with Gasteiger partial charge in [-0.2, -0.15) is 5.26 Å². The normalized spacial score (nSPS) is 9.85. The number of benzene rings is 2. The first-order valence-corrected chi connectivity index (χ1v) is 6.33. The zero-order chi connectivity index (χ0) is 14.7. The first-order chi connectivity index (χ1) is 9.52. The molecule has 4 nitrogen and oxygen atoms in total. The molecule has 0 radical (unpaired) electrons. The topological polar surface area (TPSA) is 78.9 Å². The van der Waals surface area contributed by atoms with E-state index < -0.39 is 5.91 Å². The Morgan fingerprint density at radius 2 is 1.95 bits per heavy atom. The largest absolute Gasteiger partial charge is 0.397 e. The predicted octanol–water partition coefficient (Wildman–Crippen LogP) is 3.70. The van der Waals surface area contributed by atoms with E-state index in [2.05, 4.69) is 5.32 Å². The smallest absolute Gasteiger partial charge is 0.255 e. The summed E-state index contributed by atoms with van der Waals surface area (Å²) in [6.07, 6.45) is 0. The Kier molecular flexibility index (Phi) is 4.14. The molecule has 2 aromatic rings. The number of para-hydroxylation sites is 1. The molecule has 6 heteroatoms. The van der Waals surface area contributed by atoms with Gasteiger partial charge in [-0.05, 0) is 24.3 Å². The van der Waals surface area contributed by atoms with Crippen LogP contribution in [0.1, 0.15) is 15.9 Å². The van der Waals surface area contributed by atoms with Gasteiger partial charge in [0.1, 0.15) is 6.07 Å². The molecule has 0 atom stereocenters. The van der Waals surface area contributed by atoms with Crippen LogP contribution in [0.5, 0.6) is 0 Å². The number of nitriles is 1. The van der Waals surface area contributed by atoms with Crippen molar-refractivity contribution in [2.45, 2.75) is 0 Å². The van der Waals surface area contributed by atoms with Crippen molar-refractivity contribution in [1.82, 2.24) is 0 Å². The number of carbonyl (C=O) groups excluding carboxylic acids is 1. The molecule has 2 rings (SSSR count). The maximum Gasteiger partial charge on any atom is 0.255 e. The van der Waals surface area contributed by atoms with Gasteiger partial charge >= 0.3 is 0 Å². The molecule has 0 bridgehead atoms. The van der Waals surface area contributed by atoms with Crippen molar-refractivity contribution in [3.8, 4) is 6.07 Å². The summed E-state index contributed by atoms with van der Waals surface area (Å²) in [5.74, 6) is -0.419. The van der Waals surface area contributed by atoms with Crippen LogP contribution >= 0.6 is 23.2 Å². The fourth-order valence-corrected chi connectivity index (χ4v) is 1.96. The number of hydrogen-bond donors (Lipinski definition) is 2. The Morgan fingerprint density at radius 1 is 1.25 bits per heavy atom. The van der Waals surface area contributed by atoms with E-state index in [1.807, 2.05) is 6.07 Å². The number of halogens is 2. The molecular formula is C14H9Cl2N3O. The molecule has 0 aliphatic heterocycles. The molecule has 0 saturated carbocycles. The van der Waals surface area contributed by atoms with Crippen molar-refractivity contribution < 1.29 is 4.79 Å². The zero-order valence-corrected chi connectivity index (χ0v) is 11.7. The molecule has 0 saturated heterocycles. The first-order valence-electron chi connectivity index (χ1n) is 5.58. The summed E-state index contributed by atoms with van der Waals surface area (Å²) in [7, 11) is 0. The van der Waals surface area contributed by atoms with E-state index in [0.29, 0.717) is 11.3 Å². The van der Waals surface area contributed by atoms with Crippen molar-refractivity contribution in [1.29, 1.82) is 5.26 Å². The van der Waals surface area contributed by atoms with Crippen LogP contribution in [0, 0.1) is 11.3 Å². The lowest BCUT2D eigenvalue weighted by molar-refractivity contribution is 0.102. The van der Waals surface area contributed by atoms with Gasteiger partial charge in [-0.3, -0.25) is 4.79 Å². The van der Waals surface area contributed by atoms with Crippen LogP contribution in [0.15, 0.2) is 36.4 Å². The second-order valence-corrected chi connectivity index (χ2v) is 4.76. The van der Waals surface area contributed by atoms with E-state index in [1.165, 1.54) is 12.1 Å². The molecule has 0 heterocycles. The molecule has 0 aliphatic carbocycles. The Labute approximate surface area is 125 Å². The van der Waals surface area contributed by atoms with Crippen molar-refractivity contribution in [2.24, 2.45) is 0 Å². The lowest BCUT2D eigenvalue weighted by atomic mass is 10.1. The lowest BCUT2D eigenvalue weighted by Crippen LogP contribution is -2.13. The summed E-state index contributed by atoms with van der Waals surface area (Å²) < 4.78 is 0. The quantitative estimate of drug-likeness (QED) is 0.830. The van der Waals surface area contributed by atoms with Crippen LogP contribution in [-0.4, -0.2) is 5.91 Å². The fraction of sp³-hybridized carbons (Fsp3) is 0. The Hall–Kier alpha value is -2.22.